The molecule has 1 aliphatic heterocycles. The number of hydrogen-bond donors (Lipinski definition) is 0. The van der Waals surface area contributed by atoms with Gasteiger partial charge in [0.25, 0.3) is 5.91 Å². The molecule has 0 N–H and O–H groups in total. The summed E-state index contributed by atoms with van der Waals surface area (Å²) in [6, 6.07) is 11.9. The predicted molar refractivity (Wildman–Crippen MR) is 102 cm³/mol. The van der Waals surface area contributed by atoms with Crippen LogP contribution in [0.5, 0.6) is 5.75 Å². The second-order valence-corrected chi connectivity index (χ2v) is 6.72. The highest BCUT2D eigenvalue weighted by Crippen LogP contribution is 2.25. The number of imidazole rings is 1. The van der Waals surface area contributed by atoms with Crippen LogP contribution in [-0.4, -0.2) is 45.0 Å². The van der Waals surface area contributed by atoms with Crippen LogP contribution in [0.3, 0.4) is 0 Å². The Labute approximate surface area is 158 Å². The Balaban J connectivity index is 1.53. The lowest BCUT2D eigenvalue weighted by molar-refractivity contribution is 0.0736. The van der Waals surface area contributed by atoms with Crippen LogP contribution in [-0.2, 0) is 6.42 Å². The molecule has 3 aromatic rings. The first-order valence-electron chi connectivity index (χ1n) is 9.13. The first-order chi connectivity index (χ1) is 13.2. The summed E-state index contributed by atoms with van der Waals surface area (Å²) in [6.45, 7) is 0.788. The lowest BCUT2D eigenvalue weighted by Crippen LogP contribution is -2.36. The molecule has 1 fully saturated rings. The monoisotopic (exact) mass is 362 g/mol. The van der Waals surface area contributed by atoms with Gasteiger partial charge in [0.2, 0.25) is 0 Å². The van der Waals surface area contributed by atoms with Crippen molar-refractivity contribution in [1.82, 2.24) is 19.4 Å². The van der Waals surface area contributed by atoms with E-state index in [4.69, 9.17) is 4.74 Å². The molecule has 0 radical (unpaired) electrons. The number of methoxy groups -OCH3 is 1. The molecule has 138 valence electrons. The van der Waals surface area contributed by atoms with Gasteiger partial charge < -0.3 is 9.64 Å². The SMILES string of the molecule is COc1cccc(C[C@@H]2CCCN2C(=O)c2ccnc(-n3ccnc3)c2)c1. The third-order valence-electron chi connectivity index (χ3n) is 5.00. The quantitative estimate of drug-likeness (QED) is 0.700. The van der Waals surface area contributed by atoms with E-state index < -0.39 is 0 Å². The van der Waals surface area contributed by atoms with Gasteiger partial charge in [-0.25, -0.2) is 9.97 Å². The summed E-state index contributed by atoms with van der Waals surface area (Å²) in [5.74, 6) is 1.61. The van der Waals surface area contributed by atoms with Crippen LogP contribution in [0.1, 0.15) is 28.8 Å². The van der Waals surface area contributed by atoms with Crippen molar-refractivity contribution in [2.75, 3.05) is 13.7 Å². The van der Waals surface area contributed by atoms with Gasteiger partial charge >= 0.3 is 0 Å². The highest BCUT2D eigenvalue weighted by Gasteiger charge is 2.29. The number of benzene rings is 1. The standard InChI is InChI=1S/C21H22N4O2/c1-27-19-6-2-4-16(13-19)12-18-5-3-10-25(18)21(26)17-7-8-23-20(14-17)24-11-9-22-15-24/h2,4,6-9,11,13-15,18H,3,5,10,12H2,1H3/t18-/m0/s1. The van der Waals surface area contributed by atoms with Crippen molar-refractivity contribution in [2.24, 2.45) is 0 Å². The minimum Gasteiger partial charge on any atom is -0.497 e. The number of rotatable bonds is 5. The largest absolute Gasteiger partial charge is 0.497 e. The fourth-order valence-corrected chi connectivity index (χ4v) is 3.64. The van der Waals surface area contributed by atoms with Crippen molar-refractivity contribution in [1.29, 1.82) is 0 Å². The Kier molecular flexibility index (Phi) is 4.87. The number of carbonyl (C=O) groups is 1. The van der Waals surface area contributed by atoms with Gasteiger partial charge in [-0.3, -0.25) is 9.36 Å². The van der Waals surface area contributed by atoms with E-state index in [1.807, 2.05) is 35.4 Å². The lowest BCUT2D eigenvalue weighted by Gasteiger charge is -2.25. The molecular formula is C21H22N4O2. The van der Waals surface area contributed by atoms with Crippen molar-refractivity contribution < 1.29 is 9.53 Å². The van der Waals surface area contributed by atoms with Crippen LogP contribution in [0, 0.1) is 0 Å². The summed E-state index contributed by atoms with van der Waals surface area (Å²) in [4.78, 5) is 23.5. The number of pyridine rings is 1. The summed E-state index contributed by atoms with van der Waals surface area (Å²) < 4.78 is 7.12. The second kappa shape index (κ2) is 7.61. The van der Waals surface area contributed by atoms with Crippen molar-refractivity contribution in [3.8, 4) is 11.6 Å². The average molecular weight is 362 g/mol. The number of amides is 1. The number of nitrogens with zero attached hydrogens (tertiary/aromatic N) is 4. The highest BCUT2D eigenvalue weighted by atomic mass is 16.5. The van der Waals surface area contributed by atoms with Crippen LogP contribution in [0.15, 0.2) is 61.3 Å². The molecule has 1 aliphatic rings. The molecule has 1 saturated heterocycles. The number of likely N-dealkylation sites (tertiary alicyclic amines) is 1. The Bertz CT molecular complexity index is 923. The molecule has 6 heteroatoms. The number of ether oxygens (including phenoxy) is 1. The van der Waals surface area contributed by atoms with Gasteiger partial charge in [0, 0.05) is 36.7 Å². The van der Waals surface area contributed by atoms with Gasteiger partial charge in [0.1, 0.15) is 17.9 Å². The van der Waals surface area contributed by atoms with E-state index in [0.29, 0.717) is 11.4 Å². The molecule has 1 aromatic carbocycles. The van der Waals surface area contributed by atoms with Gasteiger partial charge in [-0.2, -0.15) is 0 Å². The van der Waals surface area contributed by atoms with E-state index in [1.165, 1.54) is 5.56 Å². The Morgan fingerprint density at radius 2 is 2.19 bits per heavy atom. The third-order valence-corrected chi connectivity index (χ3v) is 5.00. The van der Waals surface area contributed by atoms with E-state index in [0.717, 1.165) is 31.6 Å². The minimum absolute atomic E-state index is 0.0594. The Morgan fingerprint density at radius 1 is 1.26 bits per heavy atom. The molecule has 0 saturated carbocycles. The van der Waals surface area contributed by atoms with Crippen molar-refractivity contribution in [3.05, 3.63) is 72.4 Å². The van der Waals surface area contributed by atoms with E-state index in [-0.39, 0.29) is 11.9 Å². The highest BCUT2D eigenvalue weighted by molar-refractivity contribution is 5.95. The van der Waals surface area contributed by atoms with Crippen LogP contribution in [0.2, 0.25) is 0 Å². The van der Waals surface area contributed by atoms with Crippen LogP contribution in [0.4, 0.5) is 0 Å². The molecule has 0 spiro atoms. The Morgan fingerprint density at radius 3 is 3.00 bits per heavy atom. The molecule has 27 heavy (non-hydrogen) atoms. The van der Waals surface area contributed by atoms with Crippen molar-refractivity contribution >= 4 is 5.91 Å². The average Bonchev–Trinajstić information content (AvgIpc) is 3.40. The zero-order chi connectivity index (χ0) is 18.6. The maximum atomic E-state index is 13.1. The molecule has 0 unspecified atom stereocenters. The molecule has 1 amide bonds. The summed E-state index contributed by atoms with van der Waals surface area (Å²) in [7, 11) is 1.67. The zero-order valence-electron chi connectivity index (χ0n) is 15.3. The van der Waals surface area contributed by atoms with E-state index in [1.54, 1.807) is 36.5 Å². The second-order valence-electron chi connectivity index (χ2n) is 6.72. The molecule has 4 rings (SSSR count). The van der Waals surface area contributed by atoms with Gasteiger partial charge in [-0.05, 0) is 49.1 Å². The summed E-state index contributed by atoms with van der Waals surface area (Å²) in [5, 5.41) is 0. The molecule has 0 bridgehead atoms. The maximum Gasteiger partial charge on any atom is 0.254 e. The van der Waals surface area contributed by atoms with Crippen molar-refractivity contribution in [3.63, 3.8) is 0 Å². The van der Waals surface area contributed by atoms with Gasteiger partial charge in [0.15, 0.2) is 0 Å². The summed E-state index contributed by atoms with van der Waals surface area (Å²) in [5.41, 5.74) is 1.85. The normalized spacial score (nSPS) is 16.5. The molecule has 0 aliphatic carbocycles. The fourth-order valence-electron chi connectivity index (χ4n) is 3.64. The minimum atomic E-state index is 0.0594. The van der Waals surface area contributed by atoms with Crippen LogP contribution in [0.25, 0.3) is 5.82 Å². The van der Waals surface area contributed by atoms with E-state index in [9.17, 15) is 4.79 Å². The molecule has 1 atom stereocenters. The predicted octanol–water partition coefficient (Wildman–Crippen LogP) is 3.12. The first-order valence-corrected chi connectivity index (χ1v) is 9.13. The number of hydrogen-bond acceptors (Lipinski definition) is 4. The van der Waals surface area contributed by atoms with Crippen LogP contribution >= 0.6 is 0 Å². The summed E-state index contributed by atoms with van der Waals surface area (Å²) in [6.07, 6.45) is 9.75. The molecule has 2 aromatic heterocycles. The lowest BCUT2D eigenvalue weighted by atomic mass is 10.0. The molecule has 3 heterocycles. The van der Waals surface area contributed by atoms with Crippen molar-refractivity contribution in [2.45, 2.75) is 25.3 Å². The number of carbonyl (C=O) groups excluding carboxylic acids is 1. The first kappa shape index (κ1) is 17.3. The molecule has 6 nitrogen and oxygen atoms in total. The summed E-state index contributed by atoms with van der Waals surface area (Å²) >= 11 is 0. The Hall–Kier alpha value is -3.15. The third kappa shape index (κ3) is 3.69. The van der Waals surface area contributed by atoms with Gasteiger partial charge in [-0.1, -0.05) is 12.1 Å². The zero-order valence-corrected chi connectivity index (χ0v) is 15.3. The molecular weight excluding hydrogens is 340 g/mol. The van der Waals surface area contributed by atoms with Crippen LogP contribution < -0.4 is 4.74 Å². The number of aromatic nitrogens is 3. The maximum absolute atomic E-state index is 13.1. The smallest absolute Gasteiger partial charge is 0.254 e. The van der Waals surface area contributed by atoms with E-state index in [2.05, 4.69) is 16.0 Å². The fraction of sp³-hybridized carbons (Fsp3) is 0.286. The van der Waals surface area contributed by atoms with Gasteiger partial charge in [0.05, 0.1) is 7.11 Å². The van der Waals surface area contributed by atoms with Gasteiger partial charge in [-0.15, -0.1) is 0 Å². The van der Waals surface area contributed by atoms with E-state index >= 15 is 0 Å². The topological polar surface area (TPSA) is 60.2 Å².